The Morgan fingerprint density at radius 1 is 0.679 bits per heavy atom. The summed E-state index contributed by atoms with van der Waals surface area (Å²) >= 11 is 0. The second-order valence-electron chi connectivity index (χ2n) is 7.08. The molecule has 0 heterocycles. The first-order chi connectivity index (χ1) is 13.0. The number of hydrogen-bond acceptors (Lipinski definition) is 7. The highest BCUT2D eigenvalue weighted by Crippen LogP contribution is 2.08. The molecule has 0 unspecified atom stereocenters. The number of nitrogens with two attached hydrogens (primary N) is 2. The highest BCUT2D eigenvalue weighted by atomic mass is 32.2. The fraction of sp³-hybridized carbons (Fsp3) is 0.882. The Labute approximate surface area is 169 Å². The molecule has 0 aromatic rings. The molecule has 0 radical (unpaired) electrons. The van der Waals surface area contributed by atoms with E-state index in [4.69, 9.17) is 11.5 Å². The lowest BCUT2D eigenvalue weighted by molar-refractivity contribution is -0.116. The summed E-state index contributed by atoms with van der Waals surface area (Å²) in [5.74, 6) is -3.83. The van der Waals surface area contributed by atoms with E-state index in [1.165, 1.54) is 19.3 Å². The van der Waals surface area contributed by atoms with E-state index in [1.54, 1.807) is 4.90 Å². The average molecular weight is 442 g/mol. The van der Waals surface area contributed by atoms with Gasteiger partial charge in [-0.25, -0.2) is 16.8 Å². The largest absolute Gasteiger partial charge is 0.369 e. The number of carbonyl (C=O) groups is 2. The highest BCUT2D eigenvalue weighted by Gasteiger charge is 2.19. The van der Waals surface area contributed by atoms with Crippen molar-refractivity contribution in [1.82, 2.24) is 4.90 Å². The third-order valence-electron chi connectivity index (χ3n) is 4.24. The Morgan fingerprint density at radius 2 is 1.07 bits per heavy atom. The van der Waals surface area contributed by atoms with E-state index >= 15 is 0 Å². The van der Waals surface area contributed by atoms with E-state index in [1.807, 2.05) is 0 Å². The monoisotopic (exact) mass is 441 g/mol. The molecule has 0 aromatic carbocycles. The van der Waals surface area contributed by atoms with Gasteiger partial charge >= 0.3 is 0 Å². The van der Waals surface area contributed by atoms with Crippen LogP contribution in [-0.4, -0.2) is 76.2 Å². The van der Waals surface area contributed by atoms with Crippen LogP contribution in [0.2, 0.25) is 0 Å². The van der Waals surface area contributed by atoms with Gasteiger partial charge < -0.3 is 16.4 Å². The van der Waals surface area contributed by atoms with Crippen LogP contribution in [-0.2, 0) is 29.3 Å². The molecule has 28 heavy (non-hydrogen) atoms. The minimum absolute atomic E-state index is 0.109. The summed E-state index contributed by atoms with van der Waals surface area (Å²) in [6, 6.07) is 0. The number of unbranched alkanes of at least 4 members (excludes halogenated alkanes) is 6. The number of carbonyl (C=O) groups excluding carboxylic acids is 2. The molecule has 2 amide bonds. The van der Waals surface area contributed by atoms with Crippen LogP contribution in [0.25, 0.3) is 0 Å². The Kier molecular flexibility index (Phi) is 13.3. The topological polar surface area (TPSA) is 158 Å². The first-order valence-electron chi connectivity index (χ1n) is 9.67. The summed E-state index contributed by atoms with van der Waals surface area (Å²) in [6.45, 7) is 2.91. The number of sulfone groups is 2. The van der Waals surface area contributed by atoms with E-state index in [0.29, 0.717) is 6.54 Å². The second-order valence-corrected chi connectivity index (χ2v) is 11.4. The van der Waals surface area contributed by atoms with Crippen LogP contribution in [0.1, 0.15) is 51.9 Å². The third-order valence-corrected chi connectivity index (χ3v) is 7.30. The molecular formula is C17H35N3O6S2. The number of nitrogens with zero attached hydrogens (tertiary/aromatic N) is 1. The first-order valence-corrected chi connectivity index (χ1v) is 13.3. The molecule has 0 saturated carbocycles. The number of primary amides is 2. The molecule has 0 aliphatic rings. The van der Waals surface area contributed by atoms with E-state index in [0.717, 1.165) is 25.7 Å². The predicted molar refractivity (Wildman–Crippen MR) is 110 cm³/mol. The second kappa shape index (κ2) is 13.9. The van der Waals surface area contributed by atoms with E-state index in [9.17, 15) is 26.4 Å². The quantitative estimate of drug-likeness (QED) is 0.280. The number of amides is 2. The van der Waals surface area contributed by atoms with Crippen molar-refractivity contribution in [2.75, 3.05) is 42.6 Å². The summed E-state index contributed by atoms with van der Waals surface area (Å²) < 4.78 is 47.4. The van der Waals surface area contributed by atoms with Crippen LogP contribution in [0, 0.1) is 0 Å². The van der Waals surface area contributed by atoms with Crippen LogP contribution < -0.4 is 11.5 Å². The van der Waals surface area contributed by atoms with Gasteiger partial charge in [0.15, 0.2) is 19.7 Å². The zero-order chi connectivity index (χ0) is 21.6. The highest BCUT2D eigenvalue weighted by molar-refractivity contribution is 7.92. The Balaban J connectivity index is 4.60. The van der Waals surface area contributed by atoms with Crippen LogP contribution in [0.5, 0.6) is 0 Å². The molecule has 0 aliphatic heterocycles. The van der Waals surface area contributed by atoms with Crippen molar-refractivity contribution in [3.63, 3.8) is 0 Å². The molecule has 11 heteroatoms. The lowest BCUT2D eigenvalue weighted by Gasteiger charge is -2.22. The summed E-state index contributed by atoms with van der Waals surface area (Å²) in [6.07, 6.45) is 7.59. The molecule has 0 rings (SSSR count). The van der Waals surface area contributed by atoms with Gasteiger partial charge in [-0.1, -0.05) is 45.4 Å². The molecule has 0 saturated heterocycles. The molecule has 9 nitrogen and oxygen atoms in total. The average Bonchev–Trinajstić information content (AvgIpc) is 2.53. The van der Waals surface area contributed by atoms with Crippen molar-refractivity contribution >= 4 is 31.5 Å². The summed E-state index contributed by atoms with van der Waals surface area (Å²) in [5.41, 5.74) is 9.88. The lowest BCUT2D eigenvalue weighted by Crippen LogP contribution is -2.37. The van der Waals surface area contributed by atoms with Crippen LogP contribution >= 0.6 is 0 Å². The van der Waals surface area contributed by atoms with E-state index < -0.39 is 43.0 Å². The van der Waals surface area contributed by atoms with Crippen LogP contribution in [0.15, 0.2) is 0 Å². The van der Waals surface area contributed by atoms with Crippen molar-refractivity contribution in [3.8, 4) is 0 Å². The normalized spacial score (nSPS) is 12.4. The maximum Gasteiger partial charge on any atom is 0.232 e. The number of hydrogen-bond donors (Lipinski definition) is 2. The molecule has 0 bridgehead atoms. The zero-order valence-corrected chi connectivity index (χ0v) is 18.4. The molecule has 0 fully saturated rings. The van der Waals surface area contributed by atoms with Crippen molar-refractivity contribution in [1.29, 1.82) is 0 Å². The Bertz CT molecular complexity index is 627. The molecule has 0 aromatic heterocycles. The summed E-state index contributed by atoms with van der Waals surface area (Å²) in [4.78, 5) is 23.4. The smallest absolute Gasteiger partial charge is 0.232 e. The third kappa shape index (κ3) is 15.8. The van der Waals surface area contributed by atoms with Gasteiger partial charge in [-0.05, 0) is 13.0 Å². The predicted octanol–water partition coefficient (Wildman–Crippen LogP) is -0.161. The van der Waals surface area contributed by atoms with E-state index in [2.05, 4.69) is 6.92 Å². The molecule has 0 spiro atoms. The minimum Gasteiger partial charge on any atom is -0.369 e. The molecule has 166 valence electrons. The van der Waals surface area contributed by atoms with Crippen molar-refractivity contribution in [2.45, 2.75) is 51.9 Å². The fourth-order valence-corrected chi connectivity index (χ4v) is 4.97. The van der Waals surface area contributed by atoms with Crippen LogP contribution in [0.3, 0.4) is 0 Å². The van der Waals surface area contributed by atoms with Gasteiger partial charge in [0.05, 0.1) is 11.5 Å². The summed E-state index contributed by atoms with van der Waals surface area (Å²) in [5, 5.41) is 0. The number of rotatable bonds is 18. The maximum atomic E-state index is 11.9. The van der Waals surface area contributed by atoms with Gasteiger partial charge in [0.1, 0.15) is 11.5 Å². The molecule has 0 aliphatic carbocycles. The van der Waals surface area contributed by atoms with E-state index in [-0.39, 0.29) is 24.6 Å². The zero-order valence-electron chi connectivity index (χ0n) is 16.8. The summed E-state index contributed by atoms with van der Waals surface area (Å²) in [7, 11) is -7.27. The maximum absolute atomic E-state index is 11.9. The van der Waals surface area contributed by atoms with Gasteiger partial charge in [-0.2, -0.15) is 0 Å². The van der Waals surface area contributed by atoms with Crippen molar-refractivity contribution < 1.29 is 26.4 Å². The first kappa shape index (κ1) is 26.8. The Hall–Kier alpha value is -1.20. The molecule has 0 atom stereocenters. The van der Waals surface area contributed by atoms with Gasteiger partial charge in [0, 0.05) is 13.1 Å². The Morgan fingerprint density at radius 3 is 1.46 bits per heavy atom. The minimum atomic E-state index is -3.63. The molecular weight excluding hydrogens is 406 g/mol. The van der Waals surface area contributed by atoms with Crippen molar-refractivity contribution in [3.05, 3.63) is 0 Å². The van der Waals surface area contributed by atoms with Gasteiger partial charge in [-0.15, -0.1) is 0 Å². The van der Waals surface area contributed by atoms with Crippen LogP contribution in [0.4, 0.5) is 0 Å². The SMILES string of the molecule is CCCCCCCCCN(CCS(=O)(=O)CC(N)=O)CCS(=O)(=O)CC(N)=O. The molecule has 4 N–H and O–H groups in total. The van der Waals surface area contributed by atoms with Gasteiger partial charge in [0.25, 0.3) is 0 Å². The fourth-order valence-electron chi connectivity index (χ4n) is 2.74. The van der Waals surface area contributed by atoms with Gasteiger partial charge in [-0.3, -0.25) is 9.59 Å². The lowest BCUT2D eigenvalue weighted by atomic mass is 10.1. The van der Waals surface area contributed by atoms with Crippen molar-refractivity contribution in [2.24, 2.45) is 11.5 Å². The standard InChI is InChI=1S/C17H35N3O6S2/c1-2-3-4-5-6-7-8-9-20(10-12-27(23,24)14-16(18)21)11-13-28(25,26)15-17(19)22/h2-15H2,1H3,(H2,18,21)(H2,19,22). The van der Waals surface area contributed by atoms with Gasteiger partial charge in [0.2, 0.25) is 11.8 Å².